The van der Waals surface area contributed by atoms with Crippen molar-refractivity contribution in [2.75, 3.05) is 6.54 Å². The lowest BCUT2D eigenvalue weighted by Crippen LogP contribution is -2.42. The number of aliphatic hydroxyl groups is 2. The molecule has 28 heavy (non-hydrogen) atoms. The zero-order chi connectivity index (χ0) is 21.4. The van der Waals surface area contributed by atoms with E-state index in [4.69, 9.17) is 0 Å². The van der Waals surface area contributed by atoms with Gasteiger partial charge in [0.2, 0.25) is 12.5 Å². The molecule has 2 rings (SSSR count). The van der Waals surface area contributed by atoms with Gasteiger partial charge in [-0.3, -0.25) is 30.0 Å². The number of nitrogens with one attached hydrogen (secondary N) is 2. The molecule has 4 N–H and O–H groups in total. The highest BCUT2D eigenvalue weighted by Crippen LogP contribution is 2.16. The fourth-order valence-corrected chi connectivity index (χ4v) is 3.14. The molecule has 2 fully saturated rings. The molecule has 0 bridgehead atoms. The van der Waals surface area contributed by atoms with Crippen LogP contribution in [0.2, 0.25) is 0 Å². The minimum absolute atomic E-state index is 0.128. The normalized spacial score (nSPS) is 23.0. The average molecular weight is 400 g/mol. The van der Waals surface area contributed by atoms with Crippen LogP contribution >= 0.6 is 0 Å². The maximum atomic E-state index is 11.3. The molecule has 10 heteroatoms. The maximum Gasteiger partial charge on any atom is 0.326 e. The van der Waals surface area contributed by atoms with E-state index in [1.165, 1.54) is 4.90 Å². The Balaban J connectivity index is 0.000000280. The summed E-state index contributed by atoms with van der Waals surface area (Å²) in [5.74, 6) is -0.836. The van der Waals surface area contributed by atoms with Crippen molar-refractivity contribution in [2.45, 2.75) is 78.3 Å². The summed E-state index contributed by atoms with van der Waals surface area (Å²) in [5.41, 5.74) is 0. The number of hydrogen-bond acceptors (Lipinski definition) is 6. The molecule has 2 aliphatic rings. The van der Waals surface area contributed by atoms with Crippen LogP contribution in [0.25, 0.3) is 0 Å². The first kappa shape index (κ1) is 23.8. The Bertz CT molecular complexity index is 582. The number of amides is 6. The highest BCUT2D eigenvalue weighted by molar-refractivity contribution is 6.03. The quantitative estimate of drug-likeness (QED) is 0.350. The van der Waals surface area contributed by atoms with Gasteiger partial charge in [0.25, 0.3) is 11.8 Å². The van der Waals surface area contributed by atoms with Crippen molar-refractivity contribution < 1.29 is 29.4 Å². The van der Waals surface area contributed by atoms with Crippen LogP contribution in [0.1, 0.15) is 59.8 Å². The molecule has 0 radical (unpaired) electrons. The van der Waals surface area contributed by atoms with Gasteiger partial charge in [-0.15, -0.1) is 0 Å². The molecule has 0 aromatic carbocycles. The van der Waals surface area contributed by atoms with E-state index in [9.17, 15) is 29.4 Å². The van der Waals surface area contributed by atoms with Crippen LogP contribution in [0.4, 0.5) is 9.59 Å². The first-order valence-corrected chi connectivity index (χ1v) is 9.70. The summed E-state index contributed by atoms with van der Waals surface area (Å²) >= 11 is 0. The zero-order valence-corrected chi connectivity index (χ0v) is 17.0. The van der Waals surface area contributed by atoms with Gasteiger partial charge in [0.05, 0.1) is 0 Å². The lowest BCUT2D eigenvalue weighted by atomic mass is 10.0. The Kier molecular flexibility index (Phi) is 9.33. The van der Waals surface area contributed by atoms with E-state index in [2.05, 4.69) is 17.6 Å². The fourth-order valence-electron chi connectivity index (χ4n) is 3.14. The summed E-state index contributed by atoms with van der Waals surface area (Å²) in [7, 11) is 0. The lowest BCUT2D eigenvalue weighted by molar-refractivity contribution is -0.131. The average Bonchev–Trinajstić information content (AvgIpc) is 2.99. The van der Waals surface area contributed by atoms with Crippen LogP contribution in [-0.2, 0) is 9.59 Å². The zero-order valence-electron chi connectivity index (χ0n) is 17.0. The molecule has 3 atom stereocenters. The van der Waals surface area contributed by atoms with E-state index >= 15 is 0 Å². The predicted octanol–water partition coefficient (Wildman–Crippen LogP) is 0.728. The third-order valence-corrected chi connectivity index (χ3v) is 4.52. The monoisotopic (exact) mass is 400 g/mol. The van der Waals surface area contributed by atoms with Gasteiger partial charge in [0, 0.05) is 12.6 Å². The summed E-state index contributed by atoms with van der Waals surface area (Å²) in [4.78, 5) is 46.5. The van der Waals surface area contributed by atoms with Gasteiger partial charge < -0.3 is 10.2 Å². The van der Waals surface area contributed by atoms with E-state index in [0.717, 1.165) is 37.0 Å². The Hall–Kier alpha value is -2.20. The Morgan fingerprint density at radius 1 is 0.893 bits per heavy atom. The van der Waals surface area contributed by atoms with E-state index in [0.29, 0.717) is 12.5 Å². The van der Waals surface area contributed by atoms with Crippen molar-refractivity contribution in [1.29, 1.82) is 0 Å². The second-order valence-electron chi connectivity index (χ2n) is 7.48. The third kappa shape index (κ3) is 6.45. The number of carbonyl (C=O) groups is 4. The van der Waals surface area contributed by atoms with Crippen LogP contribution < -0.4 is 10.6 Å². The third-order valence-electron chi connectivity index (χ3n) is 4.52. The molecule has 2 saturated heterocycles. The first-order chi connectivity index (χ1) is 13.1. The smallest absolute Gasteiger partial charge is 0.326 e. The molecule has 2 heterocycles. The molecule has 3 unspecified atom stereocenters. The number of hydrogen-bond donors (Lipinski definition) is 4. The largest absolute Gasteiger partial charge is 0.365 e. The second-order valence-corrected chi connectivity index (χ2v) is 7.48. The van der Waals surface area contributed by atoms with Gasteiger partial charge in [0.1, 0.15) is 0 Å². The highest BCUT2D eigenvalue weighted by atomic mass is 16.3. The Morgan fingerprint density at radius 2 is 1.46 bits per heavy atom. The van der Waals surface area contributed by atoms with Gasteiger partial charge in [-0.25, -0.2) is 9.59 Å². The van der Waals surface area contributed by atoms with Crippen LogP contribution in [0.15, 0.2) is 0 Å². The lowest BCUT2D eigenvalue weighted by Gasteiger charge is -2.26. The molecule has 160 valence electrons. The number of imide groups is 2. The number of rotatable bonds is 8. The molecule has 0 aromatic rings. The molecular weight excluding hydrogens is 368 g/mol. The molecule has 0 aliphatic carbocycles. The van der Waals surface area contributed by atoms with Crippen LogP contribution in [0.5, 0.6) is 0 Å². The number of aliphatic hydroxyl groups excluding tert-OH is 2. The molecule has 0 spiro atoms. The standard InChI is InChI=1S/2C9H16N2O3/c1-5(2)4-6(3)11-8(13)7(12)10-9(11)14;1-2-3-4-5-6-11-8(13)7(12)10-9(11)14/h5-6,8,13H,4H2,1-3H3,(H,10,12,14);8,13H,2-6H2,1H3,(H,10,12,14). The van der Waals surface area contributed by atoms with Gasteiger partial charge in [-0.1, -0.05) is 40.0 Å². The van der Waals surface area contributed by atoms with Gasteiger partial charge in [0.15, 0.2) is 0 Å². The first-order valence-electron chi connectivity index (χ1n) is 9.70. The molecule has 0 aromatic heterocycles. The topological polar surface area (TPSA) is 139 Å². The maximum absolute atomic E-state index is 11.3. The molecule has 6 amide bonds. The summed E-state index contributed by atoms with van der Waals surface area (Å²) in [6, 6.07) is -1.12. The molecule has 0 saturated carbocycles. The molecule has 10 nitrogen and oxygen atoms in total. The van der Waals surface area contributed by atoms with Crippen LogP contribution in [0.3, 0.4) is 0 Å². The summed E-state index contributed by atoms with van der Waals surface area (Å²) in [5, 5.41) is 22.8. The molecule has 2 aliphatic heterocycles. The van der Waals surface area contributed by atoms with Gasteiger partial charge >= 0.3 is 12.1 Å². The predicted molar refractivity (Wildman–Crippen MR) is 101 cm³/mol. The highest BCUT2D eigenvalue weighted by Gasteiger charge is 2.39. The van der Waals surface area contributed by atoms with Crippen molar-refractivity contribution >= 4 is 23.9 Å². The SMILES string of the molecule is CC(C)CC(C)N1C(=O)NC(=O)C1O.CCCCCCN1C(=O)NC(=O)C1O. The Morgan fingerprint density at radius 3 is 1.89 bits per heavy atom. The number of unbranched alkanes of at least 4 members (excludes halogenated alkanes) is 3. The van der Waals surface area contributed by atoms with Crippen molar-refractivity contribution in [3.8, 4) is 0 Å². The van der Waals surface area contributed by atoms with Crippen molar-refractivity contribution in [3.63, 3.8) is 0 Å². The van der Waals surface area contributed by atoms with Crippen molar-refractivity contribution in [3.05, 3.63) is 0 Å². The van der Waals surface area contributed by atoms with Crippen molar-refractivity contribution in [2.24, 2.45) is 5.92 Å². The van der Waals surface area contributed by atoms with E-state index in [1.807, 2.05) is 20.8 Å². The van der Waals surface area contributed by atoms with Crippen molar-refractivity contribution in [1.82, 2.24) is 20.4 Å². The Labute approximate surface area is 165 Å². The fraction of sp³-hybridized carbons (Fsp3) is 0.778. The summed E-state index contributed by atoms with van der Waals surface area (Å²) < 4.78 is 0. The van der Waals surface area contributed by atoms with E-state index in [1.54, 1.807) is 0 Å². The number of nitrogens with zero attached hydrogens (tertiary/aromatic N) is 2. The van der Waals surface area contributed by atoms with E-state index in [-0.39, 0.29) is 6.04 Å². The minimum atomic E-state index is -1.32. The number of carbonyl (C=O) groups excluding carboxylic acids is 4. The second kappa shape index (κ2) is 11.0. The number of urea groups is 2. The van der Waals surface area contributed by atoms with Crippen LogP contribution in [-0.4, -0.2) is 68.9 Å². The summed E-state index contributed by atoms with van der Waals surface area (Å²) in [6.07, 6.45) is 2.22. The van der Waals surface area contributed by atoms with E-state index < -0.39 is 36.3 Å². The van der Waals surface area contributed by atoms with Crippen LogP contribution in [0, 0.1) is 5.92 Å². The summed E-state index contributed by atoms with van der Waals surface area (Å²) in [6.45, 7) is 8.42. The van der Waals surface area contributed by atoms with Gasteiger partial charge in [-0.05, 0) is 25.7 Å². The minimum Gasteiger partial charge on any atom is -0.365 e. The van der Waals surface area contributed by atoms with Gasteiger partial charge in [-0.2, -0.15) is 0 Å². The molecular formula is C18H32N4O6.